The van der Waals surface area contributed by atoms with Gasteiger partial charge in [0.15, 0.2) is 5.82 Å². The third kappa shape index (κ3) is 5.65. The summed E-state index contributed by atoms with van der Waals surface area (Å²) in [7, 11) is 0. The van der Waals surface area contributed by atoms with E-state index in [1.165, 1.54) is 6.07 Å². The molecule has 2 aliphatic heterocycles. The van der Waals surface area contributed by atoms with E-state index in [0.29, 0.717) is 55.9 Å². The largest absolute Gasteiger partial charge is 0.508 e. The zero-order valence-electron chi connectivity index (χ0n) is 24.4. The van der Waals surface area contributed by atoms with E-state index in [9.17, 15) is 14.3 Å². The summed E-state index contributed by atoms with van der Waals surface area (Å²) in [6, 6.07) is 12.0. The van der Waals surface area contributed by atoms with Crippen molar-refractivity contribution >= 4 is 45.5 Å². The van der Waals surface area contributed by atoms with Crippen LogP contribution in [0.5, 0.6) is 11.8 Å². The number of nitrogens with zero attached hydrogens (tertiary/aromatic N) is 5. The number of carbonyl (C=O) groups is 1. The Bertz CT molecular complexity index is 1700. The van der Waals surface area contributed by atoms with Gasteiger partial charge in [-0.2, -0.15) is 9.97 Å². The number of hydrogen-bond acceptors (Lipinski definition) is 7. The Morgan fingerprint density at radius 2 is 1.88 bits per heavy atom. The zero-order chi connectivity index (χ0) is 30.5. The molecule has 43 heavy (non-hydrogen) atoms. The number of alkyl halides is 1. The van der Waals surface area contributed by atoms with Gasteiger partial charge < -0.3 is 19.6 Å². The Balaban J connectivity index is 1.43. The molecule has 2 saturated heterocycles. The van der Waals surface area contributed by atoms with Crippen LogP contribution in [0.4, 0.5) is 14.6 Å². The third-order valence-corrected chi connectivity index (χ3v) is 8.65. The van der Waals surface area contributed by atoms with Gasteiger partial charge in [0.2, 0.25) is 6.41 Å². The summed E-state index contributed by atoms with van der Waals surface area (Å²) >= 11 is 6.82. The van der Waals surface area contributed by atoms with Crippen molar-refractivity contribution in [2.24, 2.45) is 0 Å². The molecule has 2 atom stereocenters. The van der Waals surface area contributed by atoms with Crippen molar-refractivity contribution in [3.05, 3.63) is 53.3 Å². The number of benzene rings is 3. The highest BCUT2D eigenvalue weighted by Crippen LogP contribution is 2.43. The first-order chi connectivity index (χ1) is 20.5. The molecular formula is C32H34ClF2N5O3. The van der Waals surface area contributed by atoms with E-state index in [-0.39, 0.29) is 46.6 Å². The Morgan fingerprint density at radius 3 is 2.63 bits per heavy atom. The summed E-state index contributed by atoms with van der Waals surface area (Å²) in [6.45, 7) is 8.19. The van der Waals surface area contributed by atoms with Gasteiger partial charge in [-0.3, -0.25) is 9.69 Å². The number of fused-ring (bicyclic) bond motifs is 2. The van der Waals surface area contributed by atoms with Crippen molar-refractivity contribution < 1.29 is 23.4 Å². The van der Waals surface area contributed by atoms with Crippen LogP contribution in [0, 0.1) is 5.82 Å². The second-order valence-electron chi connectivity index (χ2n) is 12.0. The molecule has 0 saturated carbocycles. The summed E-state index contributed by atoms with van der Waals surface area (Å²) in [5, 5.41) is 12.5. The van der Waals surface area contributed by atoms with Gasteiger partial charge >= 0.3 is 6.01 Å². The molecule has 0 aliphatic carbocycles. The second-order valence-corrected chi connectivity index (χ2v) is 12.4. The molecule has 4 aromatic rings. The molecule has 6 rings (SSSR count). The van der Waals surface area contributed by atoms with E-state index in [4.69, 9.17) is 21.3 Å². The first-order valence-corrected chi connectivity index (χ1v) is 14.9. The standard InChI is InChI=1S/C32H34ClF2N5O3/c1-19-15-40(20(2)14-39(19)18-41)30-25-13-26(33)27(24-12-22(42)11-21-7-4-5-8-23(21)24)28(34)29(25)36-31(37-30)43-10-6-9-38-16-32(3,35)17-38/h4-5,7-8,11-13,18-20,42H,6,9-10,14-17H2,1-3H3/t19-,20+/m1/s1. The molecule has 2 fully saturated rings. The van der Waals surface area contributed by atoms with Gasteiger partial charge in [-0.15, -0.1) is 0 Å². The van der Waals surface area contributed by atoms with E-state index in [1.807, 2.05) is 47.9 Å². The molecule has 1 amide bonds. The lowest BCUT2D eigenvalue weighted by Crippen LogP contribution is -2.57. The quantitative estimate of drug-likeness (QED) is 0.199. The molecule has 0 spiro atoms. The molecule has 1 N–H and O–H groups in total. The van der Waals surface area contributed by atoms with E-state index in [0.717, 1.165) is 17.2 Å². The number of rotatable bonds is 8. The Hall–Kier alpha value is -3.76. The van der Waals surface area contributed by atoms with Crippen molar-refractivity contribution in [3.8, 4) is 22.9 Å². The lowest BCUT2D eigenvalue weighted by atomic mass is 9.96. The minimum Gasteiger partial charge on any atom is -0.508 e. The van der Waals surface area contributed by atoms with Gasteiger partial charge in [-0.05, 0) is 61.7 Å². The van der Waals surface area contributed by atoms with Crippen LogP contribution in [0.3, 0.4) is 0 Å². The first kappa shape index (κ1) is 29.3. The van der Waals surface area contributed by atoms with Crippen LogP contribution in [0.25, 0.3) is 32.8 Å². The number of anilines is 1. The number of amides is 1. The second kappa shape index (κ2) is 11.4. The van der Waals surface area contributed by atoms with Gasteiger partial charge in [0, 0.05) is 55.8 Å². The van der Waals surface area contributed by atoms with Crippen LogP contribution in [0.2, 0.25) is 5.02 Å². The fourth-order valence-electron chi connectivity index (χ4n) is 6.28. The maximum absolute atomic E-state index is 16.7. The molecule has 8 nitrogen and oxygen atoms in total. The van der Waals surface area contributed by atoms with E-state index in [1.54, 1.807) is 24.0 Å². The van der Waals surface area contributed by atoms with E-state index in [2.05, 4.69) is 4.98 Å². The topological polar surface area (TPSA) is 82.0 Å². The molecule has 2 aliphatic rings. The molecule has 3 aromatic carbocycles. The van der Waals surface area contributed by atoms with Crippen LogP contribution in [0.15, 0.2) is 42.5 Å². The molecule has 11 heteroatoms. The number of aromatic nitrogens is 2. The number of piperazine rings is 1. The minimum atomic E-state index is -1.14. The smallest absolute Gasteiger partial charge is 0.319 e. The van der Waals surface area contributed by atoms with Crippen LogP contribution in [-0.2, 0) is 4.79 Å². The maximum Gasteiger partial charge on any atom is 0.319 e. The Morgan fingerprint density at radius 1 is 1.12 bits per heavy atom. The normalized spacial score (nSPS) is 20.4. The molecule has 0 unspecified atom stereocenters. The van der Waals surface area contributed by atoms with Gasteiger partial charge in [-0.25, -0.2) is 8.78 Å². The van der Waals surface area contributed by atoms with Gasteiger partial charge in [0.05, 0.1) is 11.6 Å². The number of phenols is 1. The van der Waals surface area contributed by atoms with Crippen LogP contribution < -0.4 is 9.64 Å². The van der Waals surface area contributed by atoms with Crippen molar-refractivity contribution in [2.45, 2.75) is 44.9 Å². The molecule has 3 heterocycles. The summed E-state index contributed by atoms with van der Waals surface area (Å²) in [6.07, 6.45) is 1.47. The number of halogens is 3. The third-order valence-electron chi connectivity index (χ3n) is 8.36. The zero-order valence-corrected chi connectivity index (χ0v) is 25.1. The van der Waals surface area contributed by atoms with Gasteiger partial charge in [0.1, 0.15) is 22.8 Å². The lowest BCUT2D eigenvalue weighted by molar-refractivity contribution is -0.120. The van der Waals surface area contributed by atoms with E-state index < -0.39 is 11.5 Å². The fourth-order valence-corrected chi connectivity index (χ4v) is 6.58. The minimum absolute atomic E-state index is 0.0113. The predicted octanol–water partition coefficient (Wildman–Crippen LogP) is 5.82. The van der Waals surface area contributed by atoms with Crippen LogP contribution >= 0.6 is 11.6 Å². The number of phenolic OH excluding ortho intramolecular Hbond substituents is 1. The molecule has 226 valence electrons. The monoisotopic (exact) mass is 609 g/mol. The predicted molar refractivity (Wildman–Crippen MR) is 164 cm³/mol. The van der Waals surface area contributed by atoms with Crippen LogP contribution in [-0.4, -0.2) is 88.4 Å². The molecular weight excluding hydrogens is 576 g/mol. The maximum atomic E-state index is 16.7. The van der Waals surface area contributed by atoms with Gasteiger partial charge in [-0.1, -0.05) is 35.9 Å². The SMILES string of the molecule is C[C@@H]1CN(c2nc(OCCCN3CC(C)(F)C3)nc3c(F)c(-c4cc(O)cc5ccccc45)c(Cl)cc23)[C@@H](C)CN1C=O. The summed E-state index contributed by atoms with van der Waals surface area (Å²) in [5.74, 6) is -0.196. The molecule has 0 radical (unpaired) electrons. The Kier molecular flexibility index (Phi) is 7.76. The number of carbonyl (C=O) groups excluding carboxylic acids is 1. The lowest BCUT2D eigenvalue weighted by Gasteiger charge is -2.43. The summed E-state index contributed by atoms with van der Waals surface area (Å²) < 4.78 is 36.5. The first-order valence-electron chi connectivity index (χ1n) is 14.5. The fraction of sp³-hybridized carbons (Fsp3) is 0.406. The number of ether oxygens (including phenoxy) is 1. The summed E-state index contributed by atoms with van der Waals surface area (Å²) in [5.41, 5.74) is -0.536. The van der Waals surface area contributed by atoms with Crippen molar-refractivity contribution in [3.63, 3.8) is 0 Å². The highest BCUT2D eigenvalue weighted by atomic mass is 35.5. The average Bonchev–Trinajstić information content (AvgIpc) is 2.95. The van der Waals surface area contributed by atoms with Crippen molar-refractivity contribution in [1.29, 1.82) is 0 Å². The number of aromatic hydroxyl groups is 1. The Labute approximate surface area is 253 Å². The number of likely N-dealkylation sites (tertiary alicyclic amines) is 1. The highest BCUT2D eigenvalue weighted by molar-refractivity contribution is 6.35. The van der Waals surface area contributed by atoms with Crippen LogP contribution in [0.1, 0.15) is 27.2 Å². The van der Waals surface area contributed by atoms with Crippen molar-refractivity contribution in [1.82, 2.24) is 19.8 Å². The van der Waals surface area contributed by atoms with Gasteiger partial charge in [0.25, 0.3) is 0 Å². The average molecular weight is 610 g/mol. The van der Waals surface area contributed by atoms with Crippen molar-refractivity contribution in [2.75, 3.05) is 44.2 Å². The number of hydrogen-bond donors (Lipinski definition) is 1. The summed E-state index contributed by atoms with van der Waals surface area (Å²) in [4.78, 5) is 26.6. The van der Waals surface area contributed by atoms with E-state index >= 15 is 4.39 Å². The molecule has 0 bridgehead atoms. The molecule has 1 aromatic heterocycles. The highest BCUT2D eigenvalue weighted by Gasteiger charge is 2.38.